The topological polar surface area (TPSA) is 35.0 Å². The number of benzene rings is 1. The summed E-state index contributed by atoms with van der Waals surface area (Å²) in [6.07, 6.45) is 1.53. The van der Waals surface area contributed by atoms with Crippen molar-refractivity contribution in [1.29, 1.82) is 0 Å². The largest absolute Gasteiger partial charge is 0.471 e. The molecule has 0 radical (unpaired) electrons. The standard InChI is InChI=1S/C12H13BrN2O/c1-12(2,3)16-11-9-6-8(13)4-5-10(9)14-7-15-11/h4-7H,1-3H3. The third-order valence-corrected chi connectivity index (χ3v) is 2.46. The second kappa shape index (κ2) is 4.01. The maximum atomic E-state index is 5.80. The number of hydrogen-bond acceptors (Lipinski definition) is 3. The summed E-state index contributed by atoms with van der Waals surface area (Å²) in [7, 11) is 0. The first kappa shape index (κ1) is 11.3. The first-order valence-electron chi connectivity index (χ1n) is 5.05. The van der Waals surface area contributed by atoms with Gasteiger partial charge in [0.05, 0.1) is 10.9 Å². The number of ether oxygens (including phenoxy) is 1. The van der Waals surface area contributed by atoms with Gasteiger partial charge in [-0.3, -0.25) is 0 Å². The van der Waals surface area contributed by atoms with Crippen LogP contribution in [0.3, 0.4) is 0 Å². The lowest BCUT2D eigenvalue weighted by Crippen LogP contribution is -2.23. The SMILES string of the molecule is CC(C)(C)Oc1ncnc2ccc(Br)cc12. The van der Waals surface area contributed by atoms with E-state index in [1.165, 1.54) is 6.33 Å². The highest BCUT2D eigenvalue weighted by Gasteiger charge is 2.15. The molecule has 16 heavy (non-hydrogen) atoms. The van der Waals surface area contributed by atoms with Gasteiger partial charge in [0.2, 0.25) is 5.88 Å². The first-order valence-corrected chi connectivity index (χ1v) is 5.84. The Morgan fingerprint density at radius 2 is 1.94 bits per heavy atom. The minimum absolute atomic E-state index is 0.260. The van der Waals surface area contributed by atoms with Crippen LogP contribution in [0, 0.1) is 0 Å². The van der Waals surface area contributed by atoms with Gasteiger partial charge in [-0.15, -0.1) is 0 Å². The van der Waals surface area contributed by atoms with Crippen LogP contribution in [0.1, 0.15) is 20.8 Å². The molecule has 1 aromatic carbocycles. The van der Waals surface area contributed by atoms with Gasteiger partial charge in [0, 0.05) is 4.47 Å². The minimum atomic E-state index is -0.260. The summed E-state index contributed by atoms with van der Waals surface area (Å²) in [5.41, 5.74) is 0.626. The van der Waals surface area contributed by atoms with Crippen LogP contribution in [0.15, 0.2) is 29.0 Å². The normalized spacial score (nSPS) is 11.8. The fourth-order valence-corrected chi connectivity index (χ4v) is 1.74. The van der Waals surface area contributed by atoms with Gasteiger partial charge in [0.1, 0.15) is 11.9 Å². The van der Waals surface area contributed by atoms with E-state index in [2.05, 4.69) is 25.9 Å². The van der Waals surface area contributed by atoms with E-state index < -0.39 is 0 Å². The van der Waals surface area contributed by atoms with Crippen LogP contribution in [0.4, 0.5) is 0 Å². The number of fused-ring (bicyclic) bond motifs is 1. The molecule has 0 amide bonds. The maximum Gasteiger partial charge on any atom is 0.225 e. The lowest BCUT2D eigenvalue weighted by Gasteiger charge is -2.21. The molecular formula is C12H13BrN2O. The van der Waals surface area contributed by atoms with Crippen molar-refractivity contribution >= 4 is 26.8 Å². The first-order chi connectivity index (χ1) is 7.46. The van der Waals surface area contributed by atoms with E-state index in [-0.39, 0.29) is 5.60 Å². The predicted octanol–water partition coefficient (Wildman–Crippen LogP) is 3.57. The Morgan fingerprint density at radius 3 is 2.62 bits per heavy atom. The summed E-state index contributed by atoms with van der Waals surface area (Å²) < 4.78 is 6.79. The molecule has 0 aliphatic heterocycles. The van der Waals surface area contributed by atoms with Gasteiger partial charge in [-0.2, -0.15) is 0 Å². The fourth-order valence-electron chi connectivity index (χ4n) is 1.38. The molecule has 0 spiro atoms. The van der Waals surface area contributed by atoms with Crippen molar-refractivity contribution in [2.24, 2.45) is 0 Å². The zero-order valence-corrected chi connectivity index (χ0v) is 11.1. The molecule has 1 aromatic heterocycles. The number of halogens is 1. The smallest absolute Gasteiger partial charge is 0.225 e. The molecule has 0 saturated heterocycles. The highest BCUT2D eigenvalue weighted by Crippen LogP contribution is 2.27. The van der Waals surface area contributed by atoms with Crippen molar-refractivity contribution < 1.29 is 4.74 Å². The molecule has 84 valence electrons. The molecule has 2 aromatic rings. The molecule has 0 bridgehead atoms. The third-order valence-electron chi connectivity index (χ3n) is 1.96. The van der Waals surface area contributed by atoms with Crippen molar-refractivity contribution in [3.8, 4) is 5.88 Å². The molecular weight excluding hydrogens is 268 g/mol. The van der Waals surface area contributed by atoms with Gasteiger partial charge in [0.25, 0.3) is 0 Å². The third kappa shape index (κ3) is 2.50. The maximum absolute atomic E-state index is 5.80. The summed E-state index contributed by atoms with van der Waals surface area (Å²) >= 11 is 3.44. The molecule has 0 aliphatic rings. The predicted molar refractivity (Wildman–Crippen MR) is 67.6 cm³/mol. The molecule has 0 N–H and O–H groups in total. The van der Waals surface area contributed by atoms with Crippen LogP contribution >= 0.6 is 15.9 Å². The van der Waals surface area contributed by atoms with Crippen molar-refractivity contribution in [2.45, 2.75) is 26.4 Å². The molecule has 4 heteroatoms. The van der Waals surface area contributed by atoms with E-state index in [1.807, 2.05) is 39.0 Å². The van der Waals surface area contributed by atoms with Gasteiger partial charge in [-0.05, 0) is 39.0 Å². The Hall–Kier alpha value is -1.16. The van der Waals surface area contributed by atoms with Crippen LogP contribution in [0.5, 0.6) is 5.88 Å². The van der Waals surface area contributed by atoms with Gasteiger partial charge in [0.15, 0.2) is 0 Å². The zero-order chi connectivity index (χ0) is 11.8. The summed E-state index contributed by atoms with van der Waals surface area (Å²) in [5.74, 6) is 0.624. The molecule has 0 unspecified atom stereocenters. The Bertz CT molecular complexity index is 520. The summed E-state index contributed by atoms with van der Waals surface area (Å²) in [6.45, 7) is 6.00. The average molecular weight is 281 g/mol. The monoisotopic (exact) mass is 280 g/mol. The number of rotatable bonds is 1. The van der Waals surface area contributed by atoms with E-state index in [0.717, 1.165) is 15.4 Å². The molecule has 2 rings (SSSR count). The molecule has 1 heterocycles. The molecule has 3 nitrogen and oxygen atoms in total. The molecule has 0 saturated carbocycles. The van der Waals surface area contributed by atoms with Crippen LogP contribution in [0.25, 0.3) is 10.9 Å². The number of aromatic nitrogens is 2. The summed E-state index contributed by atoms with van der Waals surface area (Å²) in [6, 6.07) is 5.86. The average Bonchev–Trinajstić information content (AvgIpc) is 2.17. The Labute approximate surface area is 103 Å². The highest BCUT2D eigenvalue weighted by molar-refractivity contribution is 9.10. The van der Waals surface area contributed by atoms with Gasteiger partial charge < -0.3 is 4.74 Å². The molecule has 0 atom stereocenters. The Kier molecular flexibility index (Phi) is 2.84. The molecule has 0 fully saturated rings. The minimum Gasteiger partial charge on any atom is -0.471 e. The van der Waals surface area contributed by atoms with E-state index in [0.29, 0.717) is 5.88 Å². The van der Waals surface area contributed by atoms with Crippen LogP contribution in [-0.4, -0.2) is 15.6 Å². The van der Waals surface area contributed by atoms with Crippen LogP contribution in [-0.2, 0) is 0 Å². The van der Waals surface area contributed by atoms with Crippen molar-refractivity contribution in [2.75, 3.05) is 0 Å². The van der Waals surface area contributed by atoms with Crippen molar-refractivity contribution in [3.63, 3.8) is 0 Å². The van der Waals surface area contributed by atoms with E-state index in [4.69, 9.17) is 4.74 Å². The van der Waals surface area contributed by atoms with E-state index in [9.17, 15) is 0 Å². The van der Waals surface area contributed by atoms with Gasteiger partial charge in [-0.25, -0.2) is 9.97 Å². The quantitative estimate of drug-likeness (QED) is 0.801. The van der Waals surface area contributed by atoms with Gasteiger partial charge >= 0.3 is 0 Å². The van der Waals surface area contributed by atoms with Gasteiger partial charge in [-0.1, -0.05) is 15.9 Å². The van der Waals surface area contributed by atoms with Crippen molar-refractivity contribution in [1.82, 2.24) is 9.97 Å². The highest BCUT2D eigenvalue weighted by atomic mass is 79.9. The number of hydrogen-bond donors (Lipinski definition) is 0. The Morgan fingerprint density at radius 1 is 1.19 bits per heavy atom. The van der Waals surface area contributed by atoms with Crippen LogP contribution in [0.2, 0.25) is 0 Å². The van der Waals surface area contributed by atoms with E-state index in [1.54, 1.807) is 0 Å². The second-order valence-corrected chi connectivity index (χ2v) is 5.47. The van der Waals surface area contributed by atoms with Crippen LogP contribution < -0.4 is 4.74 Å². The second-order valence-electron chi connectivity index (χ2n) is 4.55. The summed E-state index contributed by atoms with van der Waals surface area (Å²) in [4.78, 5) is 8.38. The van der Waals surface area contributed by atoms with E-state index >= 15 is 0 Å². The lowest BCUT2D eigenvalue weighted by atomic mass is 10.2. The summed E-state index contributed by atoms with van der Waals surface area (Å²) in [5, 5.41) is 0.923. The fraction of sp³-hybridized carbons (Fsp3) is 0.333. The molecule has 0 aliphatic carbocycles. The Balaban J connectivity index is 2.56. The lowest BCUT2D eigenvalue weighted by molar-refractivity contribution is 0.126. The van der Waals surface area contributed by atoms with Crippen molar-refractivity contribution in [3.05, 3.63) is 29.0 Å². The number of nitrogens with zero attached hydrogens (tertiary/aromatic N) is 2. The zero-order valence-electron chi connectivity index (χ0n) is 9.49.